The van der Waals surface area contributed by atoms with Crippen LogP contribution in [0.2, 0.25) is 0 Å². The van der Waals surface area contributed by atoms with Crippen LogP contribution in [-0.2, 0) is 30.3 Å². The highest BCUT2D eigenvalue weighted by Crippen LogP contribution is 2.37. The van der Waals surface area contributed by atoms with Gasteiger partial charge in [-0.15, -0.1) is 0 Å². The van der Waals surface area contributed by atoms with Gasteiger partial charge >= 0.3 is 16.2 Å². The smallest absolute Gasteiger partial charge is 0.341 e. The number of fused-ring (bicyclic) bond motifs is 2. The number of nitrogen functional groups attached to an aromatic ring is 1. The number of benzene rings is 1. The maximum atomic E-state index is 12.4. The van der Waals surface area contributed by atoms with Crippen molar-refractivity contribution in [1.29, 1.82) is 0 Å². The first-order valence-electron chi connectivity index (χ1n) is 11.3. The first-order chi connectivity index (χ1) is 18.0. The zero-order chi connectivity index (χ0) is 27.2. The lowest BCUT2D eigenvalue weighted by atomic mass is 9.98. The van der Waals surface area contributed by atoms with Crippen LogP contribution in [0, 0.1) is 0 Å². The second kappa shape index (κ2) is 9.53. The zero-order valence-corrected chi connectivity index (χ0v) is 20.3. The van der Waals surface area contributed by atoms with E-state index < -0.39 is 65.4 Å². The number of hydrogen-bond donors (Lipinski definition) is 6. The molecule has 1 amide bonds. The van der Waals surface area contributed by atoms with E-state index in [9.17, 15) is 33.3 Å². The number of amides is 1. The van der Waals surface area contributed by atoms with Crippen LogP contribution < -0.4 is 15.2 Å². The van der Waals surface area contributed by atoms with Crippen LogP contribution >= 0.6 is 0 Å². The molecule has 5 atom stereocenters. The minimum absolute atomic E-state index is 0.101. The summed E-state index contributed by atoms with van der Waals surface area (Å²) in [6, 6.07) is 6.10. The molecule has 202 valence electrons. The maximum Gasteiger partial charge on any atom is 0.341 e. The monoisotopic (exact) mass is 549 g/mol. The highest BCUT2D eigenvalue weighted by molar-refractivity contribution is 7.88. The van der Waals surface area contributed by atoms with Gasteiger partial charge in [0.25, 0.3) is 0 Å². The Morgan fingerprint density at radius 3 is 2.74 bits per heavy atom. The normalized spacial score (nSPS) is 26.9. The summed E-state index contributed by atoms with van der Waals surface area (Å²) in [6.45, 7) is -0.504. The van der Waals surface area contributed by atoms with Crippen LogP contribution in [0.5, 0.6) is 0 Å². The van der Waals surface area contributed by atoms with Gasteiger partial charge in [0.2, 0.25) is 11.7 Å². The number of cyclic esters (lactones) is 1. The molecule has 38 heavy (non-hydrogen) atoms. The Kier molecular flexibility index (Phi) is 6.49. The van der Waals surface area contributed by atoms with E-state index in [2.05, 4.69) is 19.7 Å². The number of aromatic nitrogens is 4. The molecule has 0 radical (unpaired) electrons. The molecule has 7 N–H and O–H groups in total. The zero-order valence-electron chi connectivity index (χ0n) is 19.5. The van der Waals surface area contributed by atoms with Crippen LogP contribution in [0.25, 0.3) is 11.2 Å². The van der Waals surface area contributed by atoms with E-state index in [0.29, 0.717) is 0 Å². The summed E-state index contributed by atoms with van der Waals surface area (Å²) in [5.41, 5.74) is 6.58. The predicted molar refractivity (Wildman–Crippen MR) is 126 cm³/mol. The lowest BCUT2D eigenvalue weighted by molar-refractivity contribution is -0.170. The van der Waals surface area contributed by atoms with E-state index in [1.165, 1.54) is 29.4 Å². The molecule has 2 aliphatic rings. The molecule has 16 nitrogen and oxygen atoms in total. The van der Waals surface area contributed by atoms with Crippen molar-refractivity contribution >= 4 is 39.1 Å². The Morgan fingerprint density at radius 2 is 1.95 bits per heavy atom. The third kappa shape index (κ3) is 4.66. The number of nitrogens with one attached hydrogen (secondary N) is 2. The van der Waals surface area contributed by atoms with Crippen molar-refractivity contribution in [3.8, 4) is 0 Å². The number of ether oxygens (including phenoxy) is 2. The minimum atomic E-state index is -4.43. The number of anilines is 1. The van der Waals surface area contributed by atoms with Gasteiger partial charge in [0, 0.05) is 24.9 Å². The quantitative estimate of drug-likeness (QED) is 0.163. The first kappa shape index (κ1) is 25.9. The molecule has 0 spiro atoms. The number of aliphatic hydroxyl groups is 3. The predicted octanol–water partition coefficient (Wildman–Crippen LogP) is -2.23. The number of nitrogens with two attached hydrogens (primary N) is 1. The van der Waals surface area contributed by atoms with E-state index in [0.717, 1.165) is 0 Å². The van der Waals surface area contributed by atoms with Gasteiger partial charge in [-0.05, 0) is 6.07 Å². The molecule has 3 aromatic rings. The Balaban J connectivity index is 1.17. The SMILES string of the molecule is Nc1ncnc2c1ncn2[C@@H]1O[C@H](CNS(=O)(=O)NC(=O)CCC2(O)OC(=O)c3ccccc32)[C@@H](O)[C@H]1O. The third-order valence-corrected chi connectivity index (χ3v) is 7.28. The summed E-state index contributed by atoms with van der Waals surface area (Å²) in [4.78, 5) is 36.2. The van der Waals surface area contributed by atoms with Crippen LogP contribution in [-0.4, -0.2) is 80.0 Å². The number of carbonyl (C=O) groups is 2. The standard InChI is InChI=1S/C21H23N7O9S/c22-17-14-18(24-8-23-17)28(9-25-14)19-16(31)15(30)12(36-19)7-26-38(34,35)27-13(29)5-6-21(33)11-4-2-1-3-10(11)20(32)37-21/h1-4,8-9,12,15-16,19,26,30-31,33H,5-7H2,(H,27,29)(H2,22,23,24)/t12-,15-,16-,19-,21?/m1/s1. The topological polar surface area (TPSA) is 241 Å². The Morgan fingerprint density at radius 1 is 1.18 bits per heavy atom. The van der Waals surface area contributed by atoms with Gasteiger partial charge in [-0.25, -0.2) is 24.5 Å². The van der Waals surface area contributed by atoms with Crippen molar-refractivity contribution in [2.75, 3.05) is 12.3 Å². The van der Waals surface area contributed by atoms with Crippen molar-refractivity contribution in [2.24, 2.45) is 0 Å². The highest BCUT2D eigenvalue weighted by Gasteiger charge is 2.45. The summed E-state index contributed by atoms with van der Waals surface area (Å²) in [6.07, 6.45) is -3.73. The molecule has 0 aliphatic carbocycles. The van der Waals surface area contributed by atoms with E-state index in [4.69, 9.17) is 15.2 Å². The Bertz CT molecular complexity index is 1510. The average molecular weight is 550 g/mol. The van der Waals surface area contributed by atoms with Gasteiger partial charge in [-0.2, -0.15) is 13.1 Å². The second-order valence-electron chi connectivity index (χ2n) is 8.73. The van der Waals surface area contributed by atoms with Crippen LogP contribution in [0.4, 0.5) is 5.82 Å². The van der Waals surface area contributed by atoms with E-state index in [-0.39, 0.29) is 34.5 Å². The number of aliphatic hydroxyl groups excluding tert-OH is 2. The van der Waals surface area contributed by atoms with Gasteiger partial charge in [0.05, 0.1) is 11.9 Å². The first-order valence-corrected chi connectivity index (χ1v) is 12.8. The molecule has 1 saturated heterocycles. The fourth-order valence-corrected chi connectivity index (χ4v) is 5.20. The number of carbonyl (C=O) groups excluding carboxylic acids is 2. The molecule has 4 heterocycles. The van der Waals surface area contributed by atoms with Crippen LogP contribution in [0.3, 0.4) is 0 Å². The van der Waals surface area contributed by atoms with Crippen molar-refractivity contribution in [2.45, 2.75) is 43.2 Å². The number of rotatable bonds is 8. The van der Waals surface area contributed by atoms with E-state index >= 15 is 0 Å². The van der Waals surface area contributed by atoms with Gasteiger partial charge < -0.3 is 30.5 Å². The molecule has 5 rings (SSSR count). The number of esters is 1. The second-order valence-corrected chi connectivity index (χ2v) is 10.2. The summed E-state index contributed by atoms with van der Waals surface area (Å²) < 4.78 is 40.6. The van der Waals surface area contributed by atoms with E-state index in [1.807, 2.05) is 0 Å². The summed E-state index contributed by atoms with van der Waals surface area (Å²) in [5, 5.41) is 31.6. The maximum absolute atomic E-state index is 12.4. The Labute approximate surface area is 214 Å². The third-order valence-electron chi connectivity index (χ3n) is 6.24. The molecular formula is C21H23N7O9S. The number of nitrogens with zero attached hydrogens (tertiary/aromatic N) is 4. The molecule has 1 aromatic carbocycles. The number of imidazole rings is 1. The number of hydrogen-bond acceptors (Lipinski definition) is 13. The molecule has 1 fully saturated rings. The highest BCUT2D eigenvalue weighted by atomic mass is 32.2. The Hall–Kier alpha value is -3.74. The molecular weight excluding hydrogens is 526 g/mol. The molecule has 0 bridgehead atoms. The molecule has 17 heteroatoms. The summed E-state index contributed by atoms with van der Waals surface area (Å²) >= 11 is 0. The summed E-state index contributed by atoms with van der Waals surface area (Å²) in [5.74, 6) is -3.71. The average Bonchev–Trinajstić information content (AvgIpc) is 3.51. The van der Waals surface area contributed by atoms with Crippen molar-refractivity contribution in [3.63, 3.8) is 0 Å². The van der Waals surface area contributed by atoms with Crippen molar-refractivity contribution in [1.82, 2.24) is 29.0 Å². The van der Waals surface area contributed by atoms with Gasteiger partial charge in [0.1, 0.15) is 30.2 Å². The lowest BCUT2D eigenvalue weighted by Gasteiger charge is -2.22. The lowest BCUT2D eigenvalue weighted by Crippen LogP contribution is -2.46. The van der Waals surface area contributed by atoms with Crippen molar-refractivity contribution < 1.29 is 42.8 Å². The fraction of sp³-hybridized carbons (Fsp3) is 0.381. The van der Waals surface area contributed by atoms with Crippen LogP contribution in [0.1, 0.15) is 35.0 Å². The van der Waals surface area contributed by atoms with E-state index in [1.54, 1.807) is 16.9 Å². The van der Waals surface area contributed by atoms with Crippen LogP contribution in [0.15, 0.2) is 36.9 Å². The van der Waals surface area contributed by atoms with Crippen molar-refractivity contribution in [3.05, 3.63) is 48.0 Å². The minimum Gasteiger partial charge on any atom is -0.425 e. The van der Waals surface area contributed by atoms with Gasteiger partial charge in [-0.3, -0.25) is 9.36 Å². The van der Waals surface area contributed by atoms with Gasteiger partial charge in [-0.1, -0.05) is 18.2 Å². The summed E-state index contributed by atoms with van der Waals surface area (Å²) in [7, 11) is -4.43. The molecule has 2 aromatic heterocycles. The van der Waals surface area contributed by atoms with Gasteiger partial charge in [0.15, 0.2) is 17.7 Å². The largest absolute Gasteiger partial charge is 0.425 e. The molecule has 1 unspecified atom stereocenters. The molecule has 2 aliphatic heterocycles. The fourth-order valence-electron chi connectivity index (χ4n) is 4.35. The molecule has 0 saturated carbocycles.